The first-order valence-corrected chi connectivity index (χ1v) is 16.2. The summed E-state index contributed by atoms with van der Waals surface area (Å²) in [5.41, 5.74) is 5.17. The zero-order chi connectivity index (χ0) is 26.3. The van der Waals surface area contributed by atoms with E-state index in [0.29, 0.717) is 0 Å². The molecule has 2 saturated heterocycles. The summed E-state index contributed by atoms with van der Waals surface area (Å²) in [5.74, 6) is 2.57. The van der Waals surface area contributed by atoms with Crippen LogP contribution >= 0.6 is 0 Å². The molecule has 2 fully saturated rings. The Labute approximate surface area is 232 Å². The summed E-state index contributed by atoms with van der Waals surface area (Å²) >= 11 is 0. The van der Waals surface area contributed by atoms with Gasteiger partial charge >= 0.3 is 20.4 Å². The van der Waals surface area contributed by atoms with Gasteiger partial charge in [0.2, 0.25) is 0 Å². The average Bonchev–Trinajstić information content (AvgIpc) is 3.50. The van der Waals surface area contributed by atoms with Crippen molar-refractivity contribution in [3.63, 3.8) is 0 Å². The van der Waals surface area contributed by atoms with Gasteiger partial charge in [-0.2, -0.15) is 0 Å². The Morgan fingerprint density at radius 2 is 0.821 bits per heavy atom. The third kappa shape index (κ3) is 6.37. The lowest BCUT2D eigenvalue weighted by Gasteiger charge is -2.14. The highest BCUT2D eigenvalue weighted by atomic mass is 28.4. The molecule has 2 aliphatic heterocycles. The van der Waals surface area contributed by atoms with Crippen LogP contribution in [0.4, 0.5) is 0 Å². The van der Waals surface area contributed by atoms with Gasteiger partial charge in [0, 0.05) is 23.2 Å². The van der Waals surface area contributed by atoms with E-state index in [-0.39, 0.29) is 11.8 Å². The van der Waals surface area contributed by atoms with E-state index in [2.05, 4.69) is 131 Å². The molecule has 4 aromatic rings. The van der Waals surface area contributed by atoms with Gasteiger partial charge in [-0.3, -0.25) is 0 Å². The summed E-state index contributed by atoms with van der Waals surface area (Å²) in [4.78, 5) is 7.35. The van der Waals surface area contributed by atoms with Crippen molar-refractivity contribution in [2.75, 3.05) is 0 Å². The zero-order valence-corrected chi connectivity index (χ0v) is 23.3. The molecular weight excluding hydrogens is 496 g/mol. The van der Waals surface area contributed by atoms with Crippen molar-refractivity contribution in [3.8, 4) is 0 Å². The molecule has 4 nitrogen and oxygen atoms in total. The second-order valence-corrected chi connectivity index (χ2v) is 13.7. The molecule has 2 heterocycles. The molecule has 1 spiro atoms. The van der Waals surface area contributed by atoms with Gasteiger partial charge in [0.1, 0.15) is 0 Å². The van der Waals surface area contributed by atoms with Gasteiger partial charge in [-0.25, -0.2) is 9.98 Å². The fraction of sp³-hybridized carbons (Fsp3) is 0.235. The van der Waals surface area contributed by atoms with Crippen LogP contribution in [-0.4, -0.2) is 20.4 Å². The van der Waals surface area contributed by atoms with Crippen LogP contribution in [0.25, 0.3) is 0 Å². The van der Waals surface area contributed by atoms with Gasteiger partial charge in [0.05, 0.1) is 11.8 Å². The van der Waals surface area contributed by atoms with Gasteiger partial charge in [0.15, 0.2) is 13.1 Å². The smallest absolute Gasteiger partial charge is 0.466 e. The third-order valence-corrected chi connectivity index (χ3v) is 11.1. The molecule has 196 valence electrons. The molecule has 39 heavy (non-hydrogen) atoms. The molecule has 0 bridgehead atoms. The Kier molecular flexibility index (Phi) is 7.68. The van der Waals surface area contributed by atoms with E-state index in [0.717, 1.165) is 49.8 Å². The summed E-state index contributed by atoms with van der Waals surface area (Å²) in [6.45, 7) is 1.50. The first kappa shape index (κ1) is 25.3. The minimum absolute atomic E-state index is 0.286. The van der Waals surface area contributed by atoms with E-state index in [9.17, 15) is 0 Å². The predicted octanol–water partition coefficient (Wildman–Crippen LogP) is 3.57. The lowest BCUT2D eigenvalue weighted by atomic mass is 10.0. The highest BCUT2D eigenvalue weighted by molar-refractivity contribution is 6.74. The quantitative estimate of drug-likeness (QED) is 0.341. The highest BCUT2D eigenvalue weighted by Gasteiger charge is 2.62. The van der Waals surface area contributed by atoms with Crippen molar-refractivity contribution in [1.29, 1.82) is 0 Å². The number of benzene rings is 4. The standard InChI is InChI=1S/C34H34N2O2Si/c1-5-13-27(14-6-1)21-31-25-39(37-33(31)35-23-29-17-9-3-10-18-29)26-32(22-28-15-7-2-8-16-28)34(38-39)36-24-30-19-11-4-12-20-30/h1-20,31-32H,21-26H2/p+2/t31-,32-,39?/m1/s1. The lowest BCUT2D eigenvalue weighted by Crippen LogP contribution is -2.73. The maximum absolute atomic E-state index is 6.93. The molecule has 2 atom stereocenters. The van der Waals surface area contributed by atoms with Crippen LogP contribution in [0.3, 0.4) is 0 Å². The number of rotatable bonds is 8. The van der Waals surface area contributed by atoms with E-state index in [1.165, 1.54) is 22.3 Å². The summed E-state index contributed by atoms with van der Waals surface area (Å²) in [5, 5.41) is 0. The monoisotopic (exact) mass is 532 g/mol. The summed E-state index contributed by atoms with van der Waals surface area (Å²) < 4.78 is 13.9. The molecule has 0 radical (unpaired) electrons. The number of hydrogen-bond acceptors (Lipinski definition) is 2. The first-order valence-electron chi connectivity index (χ1n) is 14.0. The molecular formula is C34H36N2O2Si+2. The molecule has 0 aromatic heterocycles. The van der Waals surface area contributed by atoms with Crippen molar-refractivity contribution >= 4 is 20.4 Å². The Balaban J connectivity index is 1.28. The molecule has 5 heteroatoms. The molecule has 2 aliphatic rings. The number of nitrogens with one attached hydrogen (secondary N) is 2. The second kappa shape index (κ2) is 11.8. The second-order valence-electron chi connectivity index (χ2n) is 10.7. The van der Waals surface area contributed by atoms with E-state index in [1.807, 2.05) is 0 Å². The van der Waals surface area contributed by atoms with Crippen LogP contribution in [-0.2, 0) is 34.8 Å². The van der Waals surface area contributed by atoms with Crippen LogP contribution < -0.4 is 9.98 Å². The third-order valence-electron chi connectivity index (χ3n) is 7.72. The van der Waals surface area contributed by atoms with Crippen molar-refractivity contribution < 1.29 is 18.8 Å². The average molecular weight is 533 g/mol. The lowest BCUT2D eigenvalue weighted by molar-refractivity contribution is -0.486. The Morgan fingerprint density at radius 3 is 1.18 bits per heavy atom. The molecule has 0 saturated carbocycles. The SMILES string of the molecule is c1ccc(C[NH+]=C2O[Si]3(C[C@H]2Cc2ccccc2)C[C@@H](Cc2ccccc2)C(=[NH+]Cc2ccccc2)O3)cc1. The molecule has 6 rings (SSSR count). The first-order chi connectivity index (χ1) is 19.2. The van der Waals surface area contributed by atoms with E-state index >= 15 is 0 Å². The van der Waals surface area contributed by atoms with Crippen LogP contribution in [0.5, 0.6) is 0 Å². The van der Waals surface area contributed by atoms with Gasteiger partial charge in [-0.1, -0.05) is 121 Å². The normalized spacial score (nSPS) is 24.2. The van der Waals surface area contributed by atoms with Crippen molar-refractivity contribution in [2.45, 2.75) is 38.0 Å². The van der Waals surface area contributed by atoms with Gasteiger partial charge in [0.25, 0.3) is 0 Å². The van der Waals surface area contributed by atoms with Gasteiger partial charge in [-0.05, 0) is 24.0 Å². The maximum Gasteiger partial charge on any atom is 0.470 e. The topological polar surface area (TPSA) is 46.4 Å². The minimum atomic E-state index is -2.50. The fourth-order valence-electron chi connectivity index (χ4n) is 5.83. The van der Waals surface area contributed by atoms with E-state index < -0.39 is 8.56 Å². The van der Waals surface area contributed by atoms with Crippen LogP contribution in [0.15, 0.2) is 121 Å². The van der Waals surface area contributed by atoms with Crippen LogP contribution in [0.2, 0.25) is 12.1 Å². The predicted molar refractivity (Wildman–Crippen MR) is 157 cm³/mol. The van der Waals surface area contributed by atoms with Crippen molar-refractivity contribution in [2.24, 2.45) is 11.8 Å². The van der Waals surface area contributed by atoms with E-state index in [4.69, 9.17) is 8.85 Å². The summed E-state index contributed by atoms with van der Waals surface area (Å²) in [7, 11) is -2.50. The Bertz CT molecular complexity index is 1300. The molecule has 2 N–H and O–H groups in total. The Hall–Kier alpha value is -3.96. The molecule has 4 aromatic carbocycles. The maximum atomic E-state index is 6.93. The van der Waals surface area contributed by atoms with E-state index in [1.54, 1.807) is 0 Å². The van der Waals surface area contributed by atoms with Gasteiger partial charge in [-0.15, -0.1) is 0 Å². The molecule has 0 aliphatic carbocycles. The van der Waals surface area contributed by atoms with Crippen LogP contribution in [0.1, 0.15) is 22.3 Å². The molecule has 0 amide bonds. The zero-order valence-electron chi connectivity index (χ0n) is 22.3. The highest BCUT2D eigenvalue weighted by Crippen LogP contribution is 2.41. The van der Waals surface area contributed by atoms with Crippen molar-refractivity contribution in [3.05, 3.63) is 144 Å². The summed E-state index contributed by atoms with van der Waals surface area (Å²) in [6.07, 6.45) is 1.90. The van der Waals surface area contributed by atoms with Crippen molar-refractivity contribution in [1.82, 2.24) is 0 Å². The van der Waals surface area contributed by atoms with Gasteiger partial charge < -0.3 is 8.85 Å². The Morgan fingerprint density at radius 1 is 0.487 bits per heavy atom. The summed E-state index contributed by atoms with van der Waals surface area (Å²) in [6, 6.07) is 44.5. The molecule has 0 unspecified atom stereocenters. The largest absolute Gasteiger partial charge is 0.470 e. The fourth-order valence-corrected chi connectivity index (χ4v) is 9.81. The number of hydrogen-bond donors (Lipinski definition) is 2. The van der Waals surface area contributed by atoms with Crippen LogP contribution in [0, 0.1) is 11.8 Å². The minimum Gasteiger partial charge on any atom is -0.466 e.